The summed E-state index contributed by atoms with van der Waals surface area (Å²) in [6.45, 7) is 5.63. The van der Waals surface area contributed by atoms with E-state index in [0.29, 0.717) is 11.3 Å². The molecule has 0 bridgehead atoms. The van der Waals surface area contributed by atoms with Gasteiger partial charge in [0, 0.05) is 24.2 Å². The van der Waals surface area contributed by atoms with Gasteiger partial charge < -0.3 is 10.6 Å². The molecule has 0 aromatic heterocycles. The van der Waals surface area contributed by atoms with E-state index in [1.807, 2.05) is 6.92 Å². The molecule has 2 amide bonds. The van der Waals surface area contributed by atoms with E-state index in [0.717, 1.165) is 12.8 Å². The van der Waals surface area contributed by atoms with Crippen LogP contribution in [0.4, 0.5) is 5.69 Å². The van der Waals surface area contributed by atoms with Crippen molar-refractivity contribution in [3.63, 3.8) is 0 Å². The molecule has 0 spiro atoms. The van der Waals surface area contributed by atoms with Gasteiger partial charge in [-0.25, -0.2) is 0 Å². The number of unbranched alkanes of at least 4 members (excludes halogenated alkanes) is 2. The van der Waals surface area contributed by atoms with Gasteiger partial charge in [-0.3, -0.25) is 9.59 Å². The molecule has 0 heterocycles. The summed E-state index contributed by atoms with van der Waals surface area (Å²) in [5, 5.41) is 5.66. The van der Waals surface area contributed by atoms with Gasteiger partial charge in [0.2, 0.25) is 5.91 Å². The van der Waals surface area contributed by atoms with Gasteiger partial charge in [-0.15, -0.1) is 0 Å². The lowest BCUT2D eigenvalue weighted by atomic mass is 10.1. The van der Waals surface area contributed by atoms with Crippen LogP contribution in [0.1, 0.15) is 56.8 Å². The summed E-state index contributed by atoms with van der Waals surface area (Å²) in [7, 11) is 0. The Hall–Kier alpha value is -1.84. The van der Waals surface area contributed by atoms with Crippen LogP contribution in [0.5, 0.6) is 0 Å². The fraction of sp³-hybridized carbons (Fsp3) is 0.500. The van der Waals surface area contributed by atoms with Crippen LogP contribution < -0.4 is 10.6 Å². The molecule has 0 saturated heterocycles. The largest absolute Gasteiger partial charge is 0.350 e. The average Bonchev–Trinajstić information content (AvgIpc) is 2.38. The van der Waals surface area contributed by atoms with E-state index in [9.17, 15) is 9.59 Å². The van der Waals surface area contributed by atoms with Gasteiger partial charge in [-0.05, 0) is 31.5 Å². The van der Waals surface area contributed by atoms with Crippen LogP contribution in [0.25, 0.3) is 0 Å². The molecule has 0 aliphatic rings. The van der Waals surface area contributed by atoms with E-state index in [1.165, 1.54) is 19.8 Å². The topological polar surface area (TPSA) is 58.2 Å². The minimum atomic E-state index is -0.143. The maximum atomic E-state index is 12.1. The first kappa shape index (κ1) is 16.2. The third-order valence-electron chi connectivity index (χ3n) is 3.06. The second kappa shape index (κ2) is 8.35. The van der Waals surface area contributed by atoms with Crippen molar-refractivity contribution in [1.29, 1.82) is 0 Å². The zero-order valence-electron chi connectivity index (χ0n) is 12.5. The number of benzene rings is 1. The Balaban J connectivity index is 2.56. The molecule has 0 unspecified atom stereocenters. The van der Waals surface area contributed by atoms with Crippen LogP contribution in [-0.4, -0.2) is 17.9 Å². The number of nitrogens with one attached hydrogen (secondary N) is 2. The van der Waals surface area contributed by atoms with E-state index >= 15 is 0 Å². The van der Waals surface area contributed by atoms with Gasteiger partial charge in [0.05, 0.1) is 0 Å². The van der Waals surface area contributed by atoms with E-state index in [1.54, 1.807) is 24.3 Å². The Morgan fingerprint density at radius 2 is 2.00 bits per heavy atom. The Morgan fingerprint density at radius 3 is 2.65 bits per heavy atom. The lowest BCUT2D eigenvalue weighted by Crippen LogP contribution is -2.32. The Labute approximate surface area is 121 Å². The molecule has 0 radical (unpaired) electrons. The normalized spacial score (nSPS) is 11.8. The van der Waals surface area contributed by atoms with Crippen molar-refractivity contribution in [3.05, 3.63) is 29.8 Å². The molecular formula is C16H24N2O2. The van der Waals surface area contributed by atoms with Gasteiger partial charge in [0.1, 0.15) is 0 Å². The number of rotatable bonds is 7. The maximum Gasteiger partial charge on any atom is 0.251 e. The Bertz CT molecular complexity index is 458. The number of carbonyl (C=O) groups excluding carboxylic acids is 2. The third-order valence-corrected chi connectivity index (χ3v) is 3.06. The lowest BCUT2D eigenvalue weighted by molar-refractivity contribution is -0.114. The fourth-order valence-corrected chi connectivity index (χ4v) is 2.02. The summed E-state index contributed by atoms with van der Waals surface area (Å²) in [4.78, 5) is 23.1. The van der Waals surface area contributed by atoms with Gasteiger partial charge in [-0.1, -0.05) is 32.3 Å². The summed E-state index contributed by atoms with van der Waals surface area (Å²) in [5.74, 6) is -0.239. The summed E-state index contributed by atoms with van der Waals surface area (Å²) in [6, 6.07) is 7.14. The number of carbonyl (C=O) groups is 2. The first-order valence-electron chi connectivity index (χ1n) is 7.21. The molecule has 1 aromatic carbocycles. The molecule has 1 atom stereocenters. The summed E-state index contributed by atoms with van der Waals surface area (Å²) >= 11 is 0. The van der Waals surface area contributed by atoms with Gasteiger partial charge >= 0.3 is 0 Å². The number of amides is 2. The highest BCUT2D eigenvalue weighted by molar-refractivity contribution is 5.96. The van der Waals surface area contributed by atoms with Crippen LogP contribution in [0.15, 0.2) is 24.3 Å². The Kier molecular flexibility index (Phi) is 6.77. The van der Waals surface area contributed by atoms with Crippen LogP contribution in [-0.2, 0) is 4.79 Å². The van der Waals surface area contributed by atoms with Crippen LogP contribution >= 0.6 is 0 Å². The van der Waals surface area contributed by atoms with E-state index < -0.39 is 0 Å². The van der Waals surface area contributed by atoms with Crippen molar-refractivity contribution >= 4 is 17.5 Å². The molecule has 2 N–H and O–H groups in total. The predicted molar refractivity (Wildman–Crippen MR) is 81.8 cm³/mol. The highest BCUT2D eigenvalue weighted by Gasteiger charge is 2.10. The average molecular weight is 276 g/mol. The van der Waals surface area contributed by atoms with E-state index in [4.69, 9.17) is 0 Å². The standard InChI is InChI=1S/C16H24N2O2/c1-4-5-6-8-12(2)17-16(20)14-9-7-10-15(11-14)18-13(3)19/h7,9-12H,4-6,8H2,1-3H3,(H,17,20)(H,18,19)/t12-/m1/s1. The second-order valence-electron chi connectivity index (χ2n) is 5.13. The maximum absolute atomic E-state index is 12.1. The molecule has 0 saturated carbocycles. The Morgan fingerprint density at radius 1 is 1.25 bits per heavy atom. The van der Waals surface area contributed by atoms with Crippen molar-refractivity contribution < 1.29 is 9.59 Å². The van der Waals surface area contributed by atoms with Crippen LogP contribution in [0, 0.1) is 0 Å². The molecule has 1 rings (SSSR count). The molecule has 0 aliphatic carbocycles. The fourth-order valence-electron chi connectivity index (χ4n) is 2.02. The predicted octanol–water partition coefficient (Wildman–Crippen LogP) is 3.34. The van der Waals surface area contributed by atoms with Crippen molar-refractivity contribution in [3.8, 4) is 0 Å². The zero-order valence-corrected chi connectivity index (χ0v) is 12.5. The molecule has 0 aliphatic heterocycles. The molecule has 1 aromatic rings. The van der Waals surface area contributed by atoms with Crippen LogP contribution in [0.2, 0.25) is 0 Å². The molecule has 110 valence electrons. The molecule has 4 nitrogen and oxygen atoms in total. The molecule has 4 heteroatoms. The van der Waals surface area contributed by atoms with Gasteiger partial charge in [0.25, 0.3) is 5.91 Å². The van der Waals surface area contributed by atoms with E-state index in [-0.39, 0.29) is 17.9 Å². The highest BCUT2D eigenvalue weighted by Crippen LogP contribution is 2.11. The van der Waals surface area contributed by atoms with Crippen LogP contribution in [0.3, 0.4) is 0 Å². The molecular weight excluding hydrogens is 252 g/mol. The molecule has 0 fully saturated rings. The van der Waals surface area contributed by atoms with Gasteiger partial charge in [0.15, 0.2) is 0 Å². The van der Waals surface area contributed by atoms with Crippen molar-refractivity contribution in [1.82, 2.24) is 5.32 Å². The van der Waals surface area contributed by atoms with E-state index in [2.05, 4.69) is 17.6 Å². The zero-order chi connectivity index (χ0) is 15.0. The summed E-state index contributed by atoms with van der Waals surface area (Å²) in [6.07, 6.45) is 4.49. The van der Waals surface area contributed by atoms with Crippen molar-refractivity contribution in [2.45, 2.75) is 52.5 Å². The summed E-state index contributed by atoms with van der Waals surface area (Å²) < 4.78 is 0. The minimum Gasteiger partial charge on any atom is -0.350 e. The third kappa shape index (κ3) is 5.87. The first-order valence-corrected chi connectivity index (χ1v) is 7.21. The quantitative estimate of drug-likeness (QED) is 0.750. The number of hydrogen-bond acceptors (Lipinski definition) is 2. The monoisotopic (exact) mass is 276 g/mol. The second-order valence-corrected chi connectivity index (χ2v) is 5.13. The molecule has 20 heavy (non-hydrogen) atoms. The van der Waals surface area contributed by atoms with Gasteiger partial charge in [-0.2, -0.15) is 0 Å². The highest BCUT2D eigenvalue weighted by atomic mass is 16.2. The first-order chi connectivity index (χ1) is 9.52. The van der Waals surface area contributed by atoms with Crippen molar-refractivity contribution in [2.75, 3.05) is 5.32 Å². The minimum absolute atomic E-state index is 0.0961. The number of hydrogen-bond donors (Lipinski definition) is 2. The summed E-state index contributed by atoms with van der Waals surface area (Å²) in [5.41, 5.74) is 1.21. The SMILES string of the molecule is CCCCC[C@@H](C)NC(=O)c1cccc(NC(C)=O)c1. The van der Waals surface area contributed by atoms with Crippen molar-refractivity contribution in [2.24, 2.45) is 0 Å². The lowest BCUT2D eigenvalue weighted by Gasteiger charge is -2.14. The number of anilines is 1. The smallest absolute Gasteiger partial charge is 0.251 e.